The van der Waals surface area contributed by atoms with E-state index in [0.29, 0.717) is 15.8 Å². The van der Waals surface area contributed by atoms with E-state index in [-0.39, 0.29) is 5.56 Å². The summed E-state index contributed by atoms with van der Waals surface area (Å²) in [6, 6.07) is 7.61. The number of rotatable bonds is 4. The van der Waals surface area contributed by atoms with Gasteiger partial charge in [0.1, 0.15) is 11.0 Å². The molecule has 1 heterocycles. The van der Waals surface area contributed by atoms with Gasteiger partial charge in [0.2, 0.25) is 0 Å². The van der Waals surface area contributed by atoms with Crippen molar-refractivity contribution in [2.24, 2.45) is 0 Å². The standard InChI is InChI=1S/C13H9ClFNO2S/c14-12-8(2-1-5-16-12)7-19-9-3-4-11(15)10(6-9)13(17)18/h1-6H,7H2,(H,17,18). The van der Waals surface area contributed by atoms with Crippen molar-refractivity contribution in [2.45, 2.75) is 10.6 Å². The van der Waals surface area contributed by atoms with E-state index in [2.05, 4.69) is 4.98 Å². The summed E-state index contributed by atoms with van der Waals surface area (Å²) in [7, 11) is 0. The number of carbonyl (C=O) groups is 1. The Morgan fingerprint density at radius 2 is 2.21 bits per heavy atom. The topological polar surface area (TPSA) is 50.2 Å². The van der Waals surface area contributed by atoms with Gasteiger partial charge < -0.3 is 5.11 Å². The molecule has 0 atom stereocenters. The second-order valence-electron chi connectivity index (χ2n) is 3.69. The van der Waals surface area contributed by atoms with Gasteiger partial charge in [0.15, 0.2) is 0 Å². The highest BCUT2D eigenvalue weighted by Crippen LogP contribution is 2.27. The van der Waals surface area contributed by atoms with E-state index in [0.717, 1.165) is 11.6 Å². The van der Waals surface area contributed by atoms with Crippen LogP contribution in [-0.4, -0.2) is 16.1 Å². The SMILES string of the molecule is O=C(O)c1cc(SCc2cccnc2Cl)ccc1F. The molecule has 0 radical (unpaired) electrons. The molecular formula is C13H9ClFNO2S. The molecule has 98 valence electrons. The number of aromatic carboxylic acids is 1. The molecule has 3 nitrogen and oxygen atoms in total. The molecule has 2 rings (SSSR count). The molecule has 1 N–H and O–H groups in total. The first-order valence-electron chi connectivity index (χ1n) is 5.33. The number of aromatic nitrogens is 1. The Kier molecular flexibility index (Phi) is 4.39. The van der Waals surface area contributed by atoms with Crippen LogP contribution in [0, 0.1) is 5.82 Å². The highest BCUT2D eigenvalue weighted by molar-refractivity contribution is 7.98. The van der Waals surface area contributed by atoms with E-state index in [1.807, 2.05) is 6.07 Å². The van der Waals surface area contributed by atoms with E-state index in [1.165, 1.54) is 23.9 Å². The Balaban J connectivity index is 2.14. The van der Waals surface area contributed by atoms with Gasteiger partial charge in [-0.15, -0.1) is 11.8 Å². The lowest BCUT2D eigenvalue weighted by Crippen LogP contribution is -2.00. The van der Waals surface area contributed by atoms with Crippen molar-refractivity contribution >= 4 is 29.3 Å². The highest BCUT2D eigenvalue weighted by Gasteiger charge is 2.11. The number of pyridine rings is 1. The third-order valence-corrected chi connectivity index (χ3v) is 3.78. The van der Waals surface area contributed by atoms with E-state index in [4.69, 9.17) is 16.7 Å². The Morgan fingerprint density at radius 3 is 2.89 bits per heavy atom. The molecule has 0 unspecified atom stereocenters. The number of thioether (sulfide) groups is 1. The summed E-state index contributed by atoms with van der Waals surface area (Å²) in [5, 5.41) is 9.25. The predicted molar refractivity (Wildman–Crippen MR) is 72.2 cm³/mol. The Labute approximate surface area is 118 Å². The number of hydrogen-bond acceptors (Lipinski definition) is 3. The van der Waals surface area contributed by atoms with Crippen LogP contribution in [0.5, 0.6) is 0 Å². The third-order valence-electron chi connectivity index (χ3n) is 2.40. The molecule has 0 fully saturated rings. The van der Waals surface area contributed by atoms with E-state index in [1.54, 1.807) is 12.3 Å². The summed E-state index contributed by atoms with van der Waals surface area (Å²) in [4.78, 5) is 15.4. The number of nitrogens with zero attached hydrogens (tertiary/aromatic N) is 1. The summed E-state index contributed by atoms with van der Waals surface area (Å²) >= 11 is 7.29. The van der Waals surface area contributed by atoms with Crippen molar-refractivity contribution in [3.8, 4) is 0 Å². The van der Waals surface area contributed by atoms with Crippen LogP contribution in [0.3, 0.4) is 0 Å². The number of hydrogen-bond donors (Lipinski definition) is 1. The fourth-order valence-electron chi connectivity index (χ4n) is 1.45. The van der Waals surface area contributed by atoms with Gasteiger partial charge >= 0.3 is 5.97 Å². The van der Waals surface area contributed by atoms with Gasteiger partial charge in [-0.2, -0.15) is 0 Å². The van der Waals surface area contributed by atoms with Gasteiger partial charge in [-0.3, -0.25) is 0 Å². The van der Waals surface area contributed by atoms with Crippen molar-refractivity contribution in [3.05, 3.63) is 58.6 Å². The van der Waals surface area contributed by atoms with Crippen molar-refractivity contribution in [1.82, 2.24) is 4.98 Å². The van der Waals surface area contributed by atoms with Crippen molar-refractivity contribution in [3.63, 3.8) is 0 Å². The number of carboxylic acid groups (broad SMARTS) is 1. The lowest BCUT2D eigenvalue weighted by molar-refractivity contribution is 0.0691. The van der Waals surface area contributed by atoms with Crippen LogP contribution in [0.25, 0.3) is 0 Å². The quantitative estimate of drug-likeness (QED) is 0.687. The average Bonchev–Trinajstić information content (AvgIpc) is 2.39. The molecule has 19 heavy (non-hydrogen) atoms. The zero-order valence-corrected chi connectivity index (χ0v) is 11.2. The van der Waals surface area contributed by atoms with Crippen LogP contribution in [0.4, 0.5) is 4.39 Å². The average molecular weight is 298 g/mol. The Hall–Kier alpha value is -1.59. The van der Waals surface area contributed by atoms with E-state index >= 15 is 0 Å². The molecule has 6 heteroatoms. The summed E-state index contributed by atoms with van der Waals surface area (Å²) in [5.41, 5.74) is 0.512. The van der Waals surface area contributed by atoms with Crippen molar-refractivity contribution in [1.29, 1.82) is 0 Å². The molecule has 0 saturated heterocycles. The second-order valence-corrected chi connectivity index (χ2v) is 5.10. The predicted octanol–water partition coefficient (Wildman–Crippen LogP) is 3.86. The van der Waals surface area contributed by atoms with Gasteiger partial charge in [0, 0.05) is 16.8 Å². The maximum absolute atomic E-state index is 13.2. The molecule has 0 aliphatic rings. The maximum Gasteiger partial charge on any atom is 0.338 e. The molecule has 0 bridgehead atoms. The molecule has 0 saturated carbocycles. The maximum atomic E-state index is 13.2. The largest absolute Gasteiger partial charge is 0.478 e. The molecule has 0 spiro atoms. The van der Waals surface area contributed by atoms with Crippen LogP contribution < -0.4 is 0 Å². The Morgan fingerprint density at radius 1 is 1.42 bits per heavy atom. The van der Waals surface area contributed by atoms with Crippen LogP contribution in [0.2, 0.25) is 5.15 Å². The van der Waals surface area contributed by atoms with Crippen molar-refractivity contribution < 1.29 is 14.3 Å². The first-order valence-corrected chi connectivity index (χ1v) is 6.69. The minimum atomic E-state index is -1.28. The number of carboxylic acids is 1. The van der Waals surface area contributed by atoms with E-state index in [9.17, 15) is 9.18 Å². The van der Waals surface area contributed by atoms with Crippen LogP contribution in [-0.2, 0) is 5.75 Å². The fourth-order valence-corrected chi connectivity index (χ4v) is 2.63. The summed E-state index contributed by atoms with van der Waals surface area (Å²) in [6.07, 6.45) is 1.59. The highest BCUT2D eigenvalue weighted by atomic mass is 35.5. The monoisotopic (exact) mass is 297 g/mol. The molecule has 0 aliphatic heterocycles. The lowest BCUT2D eigenvalue weighted by Gasteiger charge is -2.05. The number of halogens is 2. The Bertz CT molecular complexity index is 621. The number of benzene rings is 1. The van der Waals surface area contributed by atoms with Crippen molar-refractivity contribution in [2.75, 3.05) is 0 Å². The zero-order valence-electron chi connectivity index (χ0n) is 9.64. The molecule has 1 aromatic carbocycles. The molecule has 0 aliphatic carbocycles. The van der Waals surface area contributed by atoms with Crippen LogP contribution >= 0.6 is 23.4 Å². The molecule has 1 aromatic heterocycles. The second kappa shape index (κ2) is 6.04. The van der Waals surface area contributed by atoms with Gasteiger partial charge in [-0.1, -0.05) is 17.7 Å². The smallest absolute Gasteiger partial charge is 0.338 e. The first-order chi connectivity index (χ1) is 9.08. The minimum Gasteiger partial charge on any atom is -0.478 e. The summed E-state index contributed by atoms with van der Waals surface area (Å²) < 4.78 is 13.2. The van der Waals surface area contributed by atoms with Gasteiger partial charge in [-0.05, 0) is 29.8 Å². The van der Waals surface area contributed by atoms with Gasteiger partial charge in [0.25, 0.3) is 0 Å². The van der Waals surface area contributed by atoms with Gasteiger partial charge in [-0.25, -0.2) is 14.2 Å². The van der Waals surface area contributed by atoms with Gasteiger partial charge in [0.05, 0.1) is 5.56 Å². The zero-order chi connectivity index (χ0) is 13.8. The first kappa shape index (κ1) is 13.8. The minimum absolute atomic E-state index is 0.331. The summed E-state index contributed by atoms with van der Waals surface area (Å²) in [6.45, 7) is 0. The fraction of sp³-hybridized carbons (Fsp3) is 0.0769. The molecule has 0 amide bonds. The van der Waals surface area contributed by atoms with Crippen LogP contribution in [0.15, 0.2) is 41.4 Å². The van der Waals surface area contributed by atoms with Crippen LogP contribution in [0.1, 0.15) is 15.9 Å². The third kappa shape index (κ3) is 3.45. The normalized spacial score (nSPS) is 10.4. The molecular weight excluding hydrogens is 289 g/mol. The summed E-state index contributed by atoms with van der Waals surface area (Å²) in [5.74, 6) is -1.48. The molecule has 2 aromatic rings. The lowest BCUT2D eigenvalue weighted by atomic mass is 10.2. The van der Waals surface area contributed by atoms with E-state index < -0.39 is 11.8 Å².